The Morgan fingerprint density at radius 3 is 2.30 bits per heavy atom. The van der Waals surface area contributed by atoms with Gasteiger partial charge in [0.25, 0.3) is 5.91 Å². The summed E-state index contributed by atoms with van der Waals surface area (Å²) in [5, 5.41) is 2.74. The molecule has 0 bridgehead atoms. The third-order valence-corrected chi connectivity index (χ3v) is 3.89. The van der Waals surface area contributed by atoms with Crippen molar-refractivity contribution in [1.29, 1.82) is 0 Å². The summed E-state index contributed by atoms with van der Waals surface area (Å²) in [5.41, 5.74) is 2.93. The fourth-order valence-electron chi connectivity index (χ4n) is 2.62. The van der Waals surface area contributed by atoms with Crippen molar-refractivity contribution in [2.45, 2.75) is 19.5 Å². The second kappa shape index (κ2) is 6.48. The number of hydrogen-bond acceptors (Lipinski definition) is 2. The van der Waals surface area contributed by atoms with Gasteiger partial charge < -0.3 is 5.32 Å². The van der Waals surface area contributed by atoms with Crippen LogP contribution in [0.1, 0.15) is 18.1 Å². The maximum absolute atomic E-state index is 12.5. The van der Waals surface area contributed by atoms with Gasteiger partial charge in [0.15, 0.2) is 0 Å². The van der Waals surface area contributed by atoms with Crippen molar-refractivity contribution >= 4 is 17.5 Å². The lowest BCUT2D eigenvalue weighted by Gasteiger charge is -2.12. The molecule has 3 rings (SSSR count). The van der Waals surface area contributed by atoms with Crippen molar-refractivity contribution in [2.24, 2.45) is 0 Å². The smallest absolute Gasteiger partial charge is 0.322 e. The first kappa shape index (κ1) is 15.0. The van der Waals surface area contributed by atoms with Crippen LogP contribution < -0.4 is 5.32 Å². The van der Waals surface area contributed by atoms with Crippen molar-refractivity contribution in [1.82, 2.24) is 10.2 Å². The Labute approximate surface area is 135 Å². The summed E-state index contributed by atoms with van der Waals surface area (Å²) in [5.74, 6) is -0.214. The molecule has 2 aromatic rings. The minimum absolute atomic E-state index is 0.214. The fraction of sp³-hybridized carbons (Fsp3) is 0.158. The number of carbonyl (C=O) groups excluding carboxylic acids is 2. The highest BCUT2D eigenvalue weighted by molar-refractivity contribution is 6.05. The van der Waals surface area contributed by atoms with Gasteiger partial charge in [-0.05, 0) is 29.7 Å². The van der Waals surface area contributed by atoms with Crippen LogP contribution in [0, 0.1) is 0 Å². The molecule has 4 heteroatoms. The van der Waals surface area contributed by atoms with Crippen molar-refractivity contribution in [3.8, 4) is 0 Å². The molecule has 4 nitrogen and oxygen atoms in total. The Morgan fingerprint density at radius 2 is 1.65 bits per heavy atom. The van der Waals surface area contributed by atoms with Gasteiger partial charge in [-0.25, -0.2) is 4.79 Å². The first-order valence-electron chi connectivity index (χ1n) is 7.55. The van der Waals surface area contributed by atoms with Crippen molar-refractivity contribution in [2.75, 3.05) is 0 Å². The van der Waals surface area contributed by atoms with Crippen LogP contribution in [0.3, 0.4) is 0 Å². The first-order valence-corrected chi connectivity index (χ1v) is 7.55. The fourth-order valence-corrected chi connectivity index (χ4v) is 2.62. The number of allylic oxidation sites excluding steroid dienone is 1. The highest BCUT2D eigenvalue weighted by Crippen LogP contribution is 2.18. The predicted molar refractivity (Wildman–Crippen MR) is 89.4 cm³/mol. The van der Waals surface area contributed by atoms with Gasteiger partial charge >= 0.3 is 6.03 Å². The van der Waals surface area contributed by atoms with Gasteiger partial charge in [-0.3, -0.25) is 9.69 Å². The molecule has 3 amide bonds. The number of rotatable bonds is 4. The van der Waals surface area contributed by atoms with Crippen LogP contribution in [0.15, 0.2) is 66.7 Å². The highest BCUT2D eigenvalue weighted by Gasteiger charge is 2.36. The van der Waals surface area contributed by atoms with Gasteiger partial charge in [-0.15, -0.1) is 0 Å². The van der Waals surface area contributed by atoms with E-state index in [9.17, 15) is 9.59 Å². The van der Waals surface area contributed by atoms with Crippen LogP contribution in [-0.2, 0) is 11.3 Å². The zero-order valence-electron chi connectivity index (χ0n) is 12.9. The van der Waals surface area contributed by atoms with E-state index in [0.717, 1.165) is 16.7 Å². The number of nitrogens with one attached hydrogen (secondary N) is 1. The molecule has 1 unspecified atom stereocenters. The molecule has 1 saturated heterocycles. The summed E-state index contributed by atoms with van der Waals surface area (Å²) < 4.78 is 0. The third-order valence-electron chi connectivity index (χ3n) is 3.89. The maximum Gasteiger partial charge on any atom is 0.325 e. The van der Waals surface area contributed by atoms with E-state index in [-0.39, 0.29) is 11.9 Å². The summed E-state index contributed by atoms with van der Waals surface area (Å²) >= 11 is 0. The van der Waals surface area contributed by atoms with Crippen LogP contribution in [0.2, 0.25) is 0 Å². The lowest BCUT2D eigenvalue weighted by atomic mass is 10.0. The van der Waals surface area contributed by atoms with Crippen molar-refractivity contribution in [3.05, 3.63) is 77.9 Å². The third kappa shape index (κ3) is 3.31. The number of hydrogen-bond donors (Lipinski definition) is 1. The Morgan fingerprint density at radius 1 is 1.04 bits per heavy atom. The highest BCUT2D eigenvalue weighted by atomic mass is 16.2. The molecule has 0 spiro atoms. The van der Waals surface area contributed by atoms with Crippen LogP contribution in [-0.4, -0.2) is 22.9 Å². The molecule has 116 valence electrons. The van der Waals surface area contributed by atoms with E-state index in [1.54, 1.807) is 6.08 Å². The standard InChI is InChI=1S/C19H18N2O2/c1-14(16-10-6-3-7-11-16)12-17-18(22)21(19(23)20-17)13-15-8-4-2-5-9-15/h2-12,17H,13H2,1H3,(H,20,23)/b14-12-. The topological polar surface area (TPSA) is 49.4 Å². The average molecular weight is 306 g/mol. The van der Waals surface area contributed by atoms with E-state index in [2.05, 4.69) is 5.32 Å². The van der Waals surface area contributed by atoms with Gasteiger partial charge in [0, 0.05) is 0 Å². The molecule has 2 aromatic carbocycles. The summed E-state index contributed by atoms with van der Waals surface area (Å²) in [6.45, 7) is 2.23. The van der Waals surface area contributed by atoms with Crippen molar-refractivity contribution < 1.29 is 9.59 Å². The van der Waals surface area contributed by atoms with Crippen molar-refractivity contribution in [3.63, 3.8) is 0 Å². The average Bonchev–Trinajstić information content (AvgIpc) is 2.84. The van der Waals surface area contributed by atoms with Gasteiger partial charge in [0.2, 0.25) is 0 Å². The van der Waals surface area contributed by atoms with Crippen LogP contribution in [0.25, 0.3) is 5.57 Å². The monoisotopic (exact) mass is 306 g/mol. The Hall–Kier alpha value is -2.88. The van der Waals surface area contributed by atoms with E-state index in [1.807, 2.05) is 67.6 Å². The molecule has 1 fully saturated rings. The SMILES string of the molecule is C/C(=C/C1NC(=O)N(Cc2ccccc2)C1=O)c1ccccc1. The lowest BCUT2D eigenvalue weighted by molar-refractivity contribution is -0.126. The van der Waals surface area contributed by atoms with Gasteiger partial charge in [0.05, 0.1) is 6.54 Å². The van der Waals surface area contributed by atoms with E-state index in [4.69, 9.17) is 0 Å². The maximum atomic E-state index is 12.5. The number of amides is 3. The van der Waals surface area contributed by atoms with Gasteiger partial charge in [-0.1, -0.05) is 60.7 Å². The van der Waals surface area contributed by atoms with Crippen LogP contribution in [0.5, 0.6) is 0 Å². The van der Waals surface area contributed by atoms with E-state index < -0.39 is 6.04 Å². The molecule has 0 aromatic heterocycles. The summed E-state index contributed by atoms with van der Waals surface area (Å²) in [4.78, 5) is 25.8. The first-order chi connectivity index (χ1) is 11.1. The Bertz CT molecular complexity index is 738. The molecule has 23 heavy (non-hydrogen) atoms. The van der Waals surface area contributed by atoms with E-state index >= 15 is 0 Å². The largest absolute Gasteiger partial charge is 0.325 e. The van der Waals surface area contributed by atoms with Crippen LogP contribution in [0.4, 0.5) is 4.79 Å². The minimum atomic E-state index is -0.605. The second-order valence-electron chi connectivity index (χ2n) is 5.55. The minimum Gasteiger partial charge on any atom is -0.322 e. The lowest BCUT2D eigenvalue weighted by Crippen LogP contribution is -2.30. The molecular formula is C19H18N2O2. The summed E-state index contributed by atoms with van der Waals surface area (Å²) in [7, 11) is 0. The van der Waals surface area contributed by atoms with E-state index in [0.29, 0.717) is 6.54 Å². The zero-order chi connectivity index (χ0) is 16.2. The number of benzene rings is 2. The van der Waals surface area contributed by atoms with Gasteiger partial charge in [-0.2, -0.15) is 0 Å². The molecule has 1 N–H and O–H groups in total. The Balaban J connectivity index is 1.76. The zero-order valence-corrected chi connectivity index (χ0v) is 12.9. The Kier molecular flexibility index (Phi) is 4.24. The molecule has 1 aliphatic rings. The molecular weight excluding hydrogens is 288 g/mol. The molecule has 0 radical (unpaired) electrons. The molecule has 0 aliphatic carbocycles. The number of nitrogens with zero attached hydrogens (tertiary/aromatic N) is 1. The number of urea groups is 1. The number of carbonyl (C=O) groups is 2. The predicted octanol–water partition coefficient (Wildman–Crippen LogP) is 3.21. The quantitative estimate of drug-likeness (QED) is 0.882. The van der Waals surface area contributed by atoms with E-state index in [1.165, 1.54) is 4.90 Å². The molecule has 1 atom stereocenters. The summed E-state index contributed by atoms with van der Waals surface area (Å²) in [6.07, 6.45) is 1.81. The molecule has 1 heterocycles. The second-order valence-corrected chi connectivity index (χ2v) is 5.55. The normalized spacial score (nSPS) is 18.2. The molecule has 0 saturated carbocycles. The molecule has 1 aliphatic heterocycles. The number of imide groups is 1. The van der Waals surface area contributed by atoms with Crippen LogP contribution >= 0.6 is 0 Å². The summed E-state index contributed by atoms with van der Waals surface area (Å²) in [6, 6.07) is 18.3. The van der Waals surface area contributed by atoms with Gasteiger partial charge in [0.1, 0.15) is 6.04 Å².